The van der Waals surface area contributed by atoms with Gasteiger partial charge in [0.15, 0.2) is 5.82 Å². The number of nitrogens with one attached hydrogen (secondary N) is 1. The quantitative estimate of drug-likeness (QED) is 0.243. The van der Waals surface area contributed by atoms with Gasteiger partial charge in [0.2, 0.25) is 17.6 Å². The van der Waals surface area contributed by atoms with Crippen LogP contribution in [0.2, 0.25) is 0 Å². The van der Waals surface area contributed by atoms with Gasteiger partial charge in [0.25, 0.3) is 5.91 Å². The molecule has 1 atom stereocenters. The lowest BCUT2D eigenvalue weighted by atomic mass is 9.95. The van der Waals surface area contributed by atoms with E-state index in [1.807, 2.05) is 24.3 Å². The van der Waals surface area contributed by atoms with Crippen LogP contribution in [0.3, 0.4) is 0 Å². The number of halogens is 3. The monoisotopic (exact) mass is 694 g/mol. The van der Waals surface area contributed by atoms with Crippen LogP contribution < -0.4 is 15.1 Å². The number of amides is 3. The number of piperazine rings is 1. The molecule has 2 fully saturated rings. The number of alkyl halides is 3. The van der Waals surface area contributed by atoms with Crippen LogP contribution in [0.5, 0.6) is 0 Å². The summed E-state index contributed by atoms with van der Waals surface area (Å²) >= 11 is 0. The third kappa shape index (κ3) is 5.98. The second kappa shape index (κ2) is 12.6. The fraction of sp³-hybridized carbons (Fsp3) is 0.297. The first kappa shape index (κ1) is 32.6. The minimum absolute atomic E-state index is 0.195. The molecule has 260 valence electrons. The second-order valence-corrected chi connectivity index (χ2v) is 13.1. The van der Waals surface area contributed by atoms with Crippen molar-refractivity contribution < 1.29 is 27.6 Å². The molecule has 1 unspecified atom stereocenters. The normalized spacial score (nSPS) is 18.2. The molecule has 0 saturated carbocycles. The van der Waals surface area contributed by atoms with Crippen molar-refractivity contribution in [2.75, 3.05) is 36.0 Å². The molecule has 14 heteroatoms. The number of rotatable bonds is 7. The molecule has 0 bridgehead atoms. The molecule has 11 nitrogen and oxygen atoms in total. The van der Waals surface area contributed by atoms with Gasteiger partial charge in [-0.25, -0.2) is 15.0 Å². The largest absolute Gasteiger partial charge is 0.449 e. The fourth-order valence-electron chi connectivity index (χ4n) is 7.36. The number of piperidine rings is 1. The van der Waals surface area contributed by atoms with Gasteiger partial charge in [-0.15, -0.1) is 0 Å². The number of imide groups is 1. The van der Waals surface area contributed by atoms with Crippen LogP contribution in [0.25, 0.3) is 22.3 Å². The van der Waals surface area contributed by atoms with Crippen molar-refractivity contribution in [1.82, 2.24) is 29.7 Å². The summed E-state index contributed by atoms with van der Waals surface area (Å²) in [6, 6.07) is 19.2. The number of carbonyl (C=O) groups excluding carboxylic acids is 3. The summed E-state index contributed by atoms with van der Waals surface area (Å²) in [6.45, 7) is 3.78. The molecule has 3 aliphatic rings. The number of nitrogens with zero attached hydrogens (tertiary/aromatic N) is 7. The number of aromatic nitrogens is 4. The number of anilines is 2. The molecule has 3 aromatic carbocycles. The standard InChI is InChI=1S/C37H33F3N8O3/c1-45-29(20-42-36(45)37(38,39)40)33-41-14-13-30(43-33)47-17-15-46(16-18-47)21-23-7-5-22(6-8-23)19-24-9-10-27-32-25(24)3-2-4-26(32)35(51)48(27)28-11-12-31(49)44-34(28)50/h2-10,13-14,20,28H,11-12,15-19,21H2,1H3,(H,44,49,50). The maximum Gasteiger partial charge on any atom is 0.449 e. The first-order valence-corrected chi connectivity index (χ1v) is 16.7. The van der Waals surface area contributed by atoms with E-state index >= 15 is 0 Å². The minimum Gasteiger partial charge on any atom is -0.354 e. The lowest BCUT2D eigenvalue weighted by molar-refractivity contribution is -0.146. The molecule has 3 amide bonds. The first-order valence-electron chi connectivity index (χ1n) is 16.7. The van der Waals surface area contributed by atoms with E-state index < -0.39 is 23.9 Å². The van der Waals surface area contributed by atoms with Gasteiger partial charge in [-0.05, 0) is 53.1 Å². The summed E-state index contributed by atoms with van der Waals surface area (Å²) < 4.78 is 40.7. The summed E-state index contributed by atoms with van der Waals surface area (Å²) in [7, 11) is 1.31. The Balaban J connectivity index is 0.912. The number of hydrogen-bond acceptors (Lipinski definition) is 8. The van der Waals surface area contributed by atoms with Crippen LogP contribution in [-0.4, -0.2) is 74.4 Å². The van der Waals surface area contributed by atoms with Crippen molar-refractivity contribution >= 4 is 40.0 Å². The van der Waals surface area contributed by atoms with Gasteiger partial charge in [0.1, 0.15) is 17.6 Å². The molecule has 2 saturated heterocycles. The van der Waals surface area contributed by atoms with Crippen LogP contribution >= 0.6 is 0 Å². The van der Waals surface area contributed by atoms with Crippen molar-refractivity contribution in [2.45, 2.75) is 38.0 Å². The highest BCUT2D eigenvalue weighted by Crippen LogP contribution is 2.41. The molecular weight excluding hydrogens is 661 g/mol. The topological polar surface area (TPSA) is 117 Å². The number of carbonyl (C=O) groups is 3. The molecule has 1 N–H and O–H groups in total. The molecule has 8 rings (SSSR count). The molecule has 5 heterocycles. The van der Waals surface area contributed by atoms with Gasteiger partial charge in [0, 0.05) is 63.3 Å². The summed E-state index contributed by atoms with van der Waals surface area (Å²) in [5.41, 5.74) is 4.86. The van der Waals surface area contributed by atoms with E-state index in [0.717, 1.165) is 52.3 Å². The zero-order valence-corrected chi connectivity index (χ0v) is 27.7. The molecule has 5 aromatic rings. The summed E-state index contributed by atoms with van der Waals surface area (Å²) in [6.07, 6.45) is -0.691. The fourth-order valence-corrected chi connectivity index (χ4v) is 7.36. The van der Waals surface area contributed by atoms with Crippen LogP contribution in [-0.2, 0) is 35.8 Å². The van der Waals surface area contributed by atoms with Crippen molar-refractivity contribution in [3.8, 4) is 11.5 Å². The zero-order chi connectivity index (χ0) is 35.4. The van der Waals surface area contributed by atoms with E-state index in [0.29, 0.717) is 43.0 Å². The van der Waals surface area contributed by atoms with Crippen molar-refractivity contribution in [1.29, 1.82) is 0 Å². The lowest BCUT2D eigenvalue weighted by Gasteiger charge is -2.35. The first-order chi connectivity index (χ1) is 24.5. The number of benzene rings is 3. The van der Waals surface area contributed by atoms with Gasteiger partial charge in [0.05, 0.1) is 11.9 Å². The van der Waals surface area contributed by atoms with Crippen molar-refractivity contribution in [3.05, 3.63) is 101 Å². The molecule has 0 spiro atoms. The minimum atomic E-state index is -4.56. The molecule has 0 radical (unpaired) electrons. The van der Waals surface area contributed by atoms with Crippen LogP contribution in [0.15, 0.2) is 73.1 Å². The second-order valence-electron chi connectivity index (χ2n) is 13.1. The van der Waals surface area contributed by atoms with Crippen LogP contribution in [0, 0.1) is 0 Å². The Kier molecular flexibility index (Phi) is 8.05. The van der Waals surface area contributed by atoms with Gasteiger partial charge in [-0.2, -0.15) is 13.2 Å². The average molecular weight is 695 g/mol. The van der Waals surface area contributed by atoms with Gasteiger partial charge < -0.3 is 9.47 Å². The van der Waals surface area contributed by atoms with E-state index in [1.165, 1.54) is 12.6 Å². The van der Waals surface area contributed by atoms with Gasteiger partial charge >= 0.3 is 6.18 Å². The predicted molar refractivity (Wildman–Crippen MR) is 183 cm³/mol. The highest BCUT2D eigenvalue weighted by molar-refractivity contribution is 6.27. The molecule has 0 aliphatic carbocycles. The predicted octanol–water partition coefficient (Wildman–Crippen LogP) is 4.73. The Morgan fingerprint density at radius 2 is 1.67 bits per heavy atom. The van der Waals surface area contributed by atoms with E-state index in [9.17, 15) is 27.6 Å². The van der Waals surface area contributed by atoms with Crippen LogP contribution in [0.1, 0.15) is 45.7 Å². The third-order valence-corrected chi connectivity index (χ3v) is 9.97. The molecule has 2 aromatic heterocycles. The van der Waals surface area contributed by atoms with E-state index in [4.69, 9.17) is 0 Å². The maximum atomic E-state index is 13.5. The Hall–Kier alpha value is -5.63. The third-order valence-electron chi connectivity index (χ3n) is 9.97. The van der Waals surface area contributed by atoms with Gasteiger partial charge in [-0.3, -0.25) is 29.5 Å². The van der Waals surface area contributed by atoms with Crippen molar-refractivity contribution in [3.63, 3.8) is 0 Å². The SMILES string of the molecule is Cn1c(-c2nccc(N3CCN(Cc4ccc(Cc5ccc6c7c(cccc57)C(=O)N6C5CCC(=O)NC5=O)cc4)CC3)n2)cnc1C(F)(F)F. The van der Waals surface area contributed by atoms with E-state index in [2.05, 4.69) is 54.3 Å². The number of imidazole rings is 1. The Morgan fingerprint density at radius 1 is 0.902 bits per heavy atom. The van der Waals surface area contributed by atoms with E-state index in [1.54, 1.807) is 23.2 Å². The molecule has 3 aliphatic heterocycles. The Labute approximate surface area is 290 Å². The average Bonchev–Trinajstić information content (AvgIpc) is 3.65. The smallest absolute Gasteiger partial charge is 0.354 e. The zero-order valence-electron chi connectivity index (χ0n) is 27.7. The molecule has 51 heavy (non-hydrogen) atoms. The van der Waals surface area contributed by atoms with Crippen LogP contribution in [0.4, 0.5) is 24.7 Å². The maximum absolute atomic E-state index is 13.5. The highest BCUT2D eigenvalue weighted by atomic mass is 19.4. The summed E-state index contributed by atoms with van der Waals surface area (Å²) in [5.74, 6) is -1.12. The number of hydrogen-bond donors (Lipinski definition) is 1. The lowest BCUT2D eigenvalue weighted by Crippen LogP contribution is -2.53. The van der Waals surface area contributed by atoms with Crippen molar-refractivity contribution in [2.24, 2.45) is 7.05 Å². The summed E-state index contributed by atoms with van der Waals surface area (Å²) in [5, 5.41) is 4.18. The Bertz CT molecular complexity index is 2190. The van der Waals surface area contributed by atoms with E-state index in [-0.39, 0.29) is 29.8 Å². The Morgan fingerprint density at radius 3 is 2.39 bits per heavy atom. The van der Waals surface area contributed by atoms with Gasteiger partial charge in [-0.1, -0.05) is 42.5 Å². The molecular formula is C37H33F3N8O3. The summed E-state index contributed by atoms with van der Waals surface area (Å²) in [4.78, 5) is 56.2. The highest BCUT2D eigenvalue weighted by Gasteiger charge is 2.41.